The number of furan rings is 1. The Morgan fingerprint density at radius 2 is 2.11 bits per heavy atom. The van der Waals surface area contributed by atoms with Crippen molar-refractivity contribution in [1.82, 2.24) is 10.2 Å². The predicted molar refractivity (Wildman–Crippen MR) is 76.5 cm³/mol. The summed E-state index contributed by atoms with van der Waals surface area (Å²) in [6.07, 6.45) is 5.72. The lowest BCUT2D eigenvalue weighted by Crippen LogP contribution is -2.31. The molecule has 0 spiro atoms. The van der Waals surface area contributed by atoms with Crippen LogP contribution in [0.1, 0.15) is 51.4 Å². The quantitative estimate of drug-likeness (QED) is 0.683. The monoisotopic (exact) mass is 252 g/mol. The molecule has 104 valence electrons. The summed E-state index contributed by atoms with van der Waals surface area (Å²) in [6, 6.07) is 2.73. The van der Waals surface area contributed by atoms with E-state index < -0.39 is 0 Å². The maximum absolute atomic E-state index is 5.62. The van der Waals surface area contributed by atoms with E-state index in [4.69, 9.17) is 4.42 Å². The lowest BCUT2D eigenvalue weighted by Gasteiger charge is -2.25. The molecule has 1 N–H and O–H groups in total. The van der Waals surface area contributed by atoms with Crippen LogP contribution in [0.4, 0.5) is 0 Å². The first kappa shape index (κ1) is 15.3. The topological polar surface area (TPSA) is 28.4 Å². The molecule has 1 aromatic rings. The van der Waals surface area contributed by atoms with Gasteiger partial charge in [0.15, 0.2) is 0 Å². The van der Waals surface area contributed by atoms with Gasteiger partial charge in [-0.2, -0.15) is 0 Å². The second kappa shape index (κ2) is 8.33. The van der Waals surface area contributed by atoms with Gasteiger partial charge in [-0.25, -0.2) is 0 Å². The zero-order chi connectivity index (χ0) is 13.4. The van der Waals surface area contributed by atoms with E-state index in [0.717, 1.165) is 25.4 Å². The average molecular weight is 252 g/mol. The molecule has 0 amide bonds. The molecule has 0 saturated heterocycles. The van der Waals surface area contributed by atoms with Crippen molar-refractivity contribution in [3.8, 4) is 0 Å². The molecular formula is C15H28N2O. The van der Waals surface area contributed by atoms with Crippen molar-refractivity contribution in [2.45, 2.75) is 59.2 Å². The molecule has 0 radical (unpaired) electrons. The Balaban J connectivity index is 2.48. The van der Waals surface area contributed by atoms with Gasteiger partial charge in [0, 0.05) is 18.2 Å². The van der Waals surface area contributed by atoms with E-state index in [0.29, 0.717) is 6.04 Å². The summed E-state index contributed by atoms with van der Waals surface area (Å²) in [5.41, 5.74) is 1.23. The highest BCUT2D eigenvalue weighted by atomic mass is 16.3. The Labute approximate surface area is 112 Å². The van der Waals surface area contributed by atoms with Crippen LogP contribution in [-0.2, 0) is 13.1 Å². The number of hydrogen-bond donors (Lipinski definition) is 1. The molecular weight excluding hydrogens is 224 g/mol. The van der Waals surface area contributed by atoms with Gasteiger partial charge in [-0.05, 0) is 39.9 Å². The highest BCUT2D eigenvalue weighted by Crippen LogP contribution is 2.13. The number of nitrogens with zero attached hydrogens (tertiary/aromatic N) is 1. The fourth-order valence-corrected chi connectivity index (χ4v) is 2.09. The summed E-state index contributed by atoms with van der Waals surface area (Å²) >= 11 is 0. The molecule has 0 fully saturated rings. The third-order valence-corrected chi connectivity index (χ3v) is 3.23. The van der Waals surface area contributed by atoms with Crippen LogP contribution in [0, 0.1) is 0 Å². The number of rotatable bonds is 9. The molecule has 0 saturated carbocycles. The van der Waals surface area contributed by atoms with Gasteiger partial charge in [-0.1, -0.05) is 19.8 Å². The van der Waals surface area contributed by atoms with Gasteiger partial charge in [0.05, 0.1) is 12.8 Å². The van der Waals surface area contributed by atoms with E-state index >= 15 is 0 Å². The smallest absolute Gasteiger partial charge is 0.118 e. The van der Waals surface area contributed by atoms with Crippen LogP contribution >= 0.6 is 0 Å². The zero-order valence-corrected chi connectivity index (χ0v) is 12.3. The van der Waals surface area contributed by atoms with Gasteiger partial charge < -0.3 is 9.73 Å². The van der Waals surface area contributed by atoms with E-state index in [1.165, 1.54) is 24.8 Å². The minimum absolute atomic E-state index is 0.569. The van der Waals surface area contributed by atoms with Crippen LogP contribution in [0.15, 0.2) is 16.7 Å². The van der Waals surface area contributed by atoms with E-state index in [1.54, 1.807) is 0 Å². The van der Waals surface area contributed by atoms with Crippen LogP contribution < -0.4 is 5.32 Å². The predicted octanol–water partition coefficient (Wildman–Crippen LogP) is 3.40. The molecule has 0 unspecified atom stereocenters. The summed E-state index contributed by atoms with van der Waals surface area (Å²) in [5, 5.41) is 3.14. The summed E-state index contributed by atoms with van der Waals surface area (Å²) in [5.74, 6) is 1.07. The molecule has 1 aromatic heterocycles. The lowest BCUT2D eigenvalue weighted by atomic mass is 10.2. The van der Waals surface area contributed by atoms with Gasteiger partial charge in [0.25, 0.3) is 0 Å². The Hall–Kier alpha value is -0.800. The minimum atomic E-state index is 0.569. The average Bonchev–Trinajstić information content (AvgIpc) is 2.76. The Kier molecular flexibility index (Phi) is 7.06. The first-order chi connectivity index (χ1) is 8.67. The molecule has 3 heteroatoms. The second-order valence-electron chi connectivity index (χ2n) is 5.22. The Morgan fingerprint density at radius 3 is 2.72 bits per heavy atom. The molecule has 18 heavy (non-hydrogen) atoms. The van der Waals surface area contributed by atoms with Crippen molar-refractivity contribution in [1.29, 1.82) is 0 Å². The molecule has 0 aromatic carbocycles. The summed E-state index contributed by atoms with van der Waals surface area (Å²) in [7, 11) is 1.96. The van der Waals surface area contributed by atoms with Crippen molar-refractivity contribution in [3.63, 3.8) is 0 Å². The van der Waals surface area contributed by atoms with E-state index in [1.807, 2.05) is 13.3 Å². The minimum Gasteiger partial charge on any atom is -0.468 e. The highest BCUT2D eigenvalue weighted by Gasteiger charge is 2.12. The molecule has 1 rings (SSSR count). The standard InChI is InChI=1S/C15H28N2O/c1-5-6-7-8-17(13(2)3)11-15-9-14(10-16-4)12-18-15/h9,12-13,16H,5-8,10-11H2,1-4H3. The summed E-state index contributed by atoms with van der Waals surface area (Å²) in [4.78, 5) is 2.48. The van der Waals surface area contributed by atoms with Gasteiger partial charge in [0.1, 0.15) is 5.76 Å². The third kappa shape index (κ3) is 5.23. The zero-order valence-electron chi connectivity index (χ0n) is 12.3. The van der Waals surface area contributed by atoms with Gasteiger partial charge in [0.2, 0.25) is 0 Å². The first-order valence-corrected chi connectivity index (χ1v) is 7.12. The second-order valence-corrected chi connectivity index (χ2v) is 5.22. The van der Waals surface area contributed by atoms with E-state index in [-0.39, 0.29) is 0 Å². The molecule has 0 aliphatic rings. The molecule has 0 atom stereocenters. The van der Waals surface area contributed by atoms with Gasteiger partial charge in [-0.3, -0.25) is 4.90 Å². The Bertz CT molecular complexity index is 320. The van der Waals surface area contributed by atoms with Crippen LogP contribution in [0.3, 0.4) is 0 Å². The lowest BCUT2D eigenvalue weighted by molar-refractivity contribution is 0.192. The van der Waals surface area contributed by atoms with Crippen LogP contribution in [0.25, 0.3) is 0 Å². The largest absolute Gasteiger partial charge is 0.468 e. The molecule has 0 aliphatic heterocycles. The van der Waals surface area contributed by atoms with E-state index in [9.17, 15) is 0 Å². The summed E-state index contributed by atoms with van der Waals surface area (Å²) < 4.78 is 5.62. The van der Waals surface area contributed by atoms with Crippen molar-refractivity contribution in [2.24, 2.45) is 0 Å². The maximum Gasteiger partial charge on any atom is 0.118 e. The Morgan fingerprint density at radius 1 is 1.33 bits per heavy atom. The molecule has 3 nitrogen and oxygen atoms in total. The molecule has 0 bridgehead atoms. The van der Waals surface area contributed by atoms with Crippen LogP contribution in [0.5, 0.6) is 0 Å². The van der Waals surface area contributed by atoms with Crippen molar-refractivity contribution in [2.75, 3.05) is 13.6 Å². The summed E-state index contributed by atoms with van der Waals surface area (Å²) in [6.45, 7) is 9.71. The molecule has 0 aliphatic carbocycles. The third-order valence-electron chi connectivity index (χ3n) is 3.23. The van der Waals surface area contributed by atoms with Crippen molar-refractivity contribution < 1.29 is 4.42 Å². The number of hydrogen-bond acceptors (Lipinski definition) is 3. The fourth-order valence-electron chi connectivity index (χ4n) is 2.09. The van der Waals surface area contributed by atoms with Crippen LogP contribution in [0.2, 0.25) is 0 Å². The van der Waals surface area contributed by atoms with Crippen molar-refractivity contribution in [3.05, 3.63) is 23.7 Å². The fraction of sp³-hybridized carbons (Fsp3) is 0.733. The number of unbranched alkanes of at least 4 members (excludes halogenated alkanes) is 2. The van der Waals surface area contributed by atoms with Gasteiger partial charge >= 0.3 is 0 Å². The SMILES string of the molecule is CCCCCN(Cc1cc(CNC)co1)C(C)C. The first-order valence-electron chi connectivity index (χ1n) is 7.12. The normalized spacial score (nSPS) is 11.7. The van der Waals surface area contributed by atoms with Gasteiger partial charge in [-0.15, -0.1) is 0 Å². The van der Waals surface area contributed by atoms with Crippen molar-refractivity contribution >= 4 is 0 Å². The number of nitrogens with one attached hydrogen (secondary N) is 1. The van der Waals surface area contributed by atoms with E-state index in [2.05, 4.69) is 37.1 Å². The maximum atomic E-state index is 5.62. The molecule has 1 heterocycles. The highest BCUT2D eigenvalue weighted by molar-refractivity contribution is 5.12. The van der Waals surface area contributed by atoms with Crippen LogP contribution in [-0.4, -0.2) is 24.5 Å².